The summed E-state index contributed by atoms with van der Waals surface area (Å²) in [6.07, 6.45) is 1.91. The fourth-order valence-electron chi connectivity index (χ4n) is 3.20. The zero-order valence-electron chi connectivity index (χ0n) is 13.0. The first-order chi connectivity index (χ1) is 12.1. The van der Waals surface area contributed by atoms with Crippen LogP contribution in [0.2, 0.25) is 0 Å². The van der Waals surface area contributed by atoms with E-state index in [0.717, 1.165) is 5.56 Å². The standard InChI is InChI=1S/C17H14FN5O2/c18-14-7-2-1-6-13(14)16-9-15(21-17-19-10-20-22(16)17)11-4-3-5-12(8-11)23(24)25/h1-8,10,15-16H,9H2,(H,19,20,21)/t15-,16+/m0/s1. The minimum Gasteiger partial charge on any atom is -0.348 e. The Bertz CT molecular complexity index is 942. The summed E-state index contributed by atoms with van der Waals surface area (Å²) in [6, 6.07) is 12.4. The van der Waals surface area contributed by atoms with Gasteiger partial charge >= 0.3 is 0 Å². The Morgan fingerprint density at radius 2 is 2.08 bits per heavy atom. The van der Waals surface area contributed by atoms with Crippen molar-refractivity contribution in [3.05, 3.63) is 81.9 Å². The summed E-state index contributed by atoms with van der Waals surface area (Å²) in [5.74, 6) is 0.199. The van der Waals surface area contributed by atoms with E-state index in [1.807, 2.05) is 6.07 Å². The molecule has 25 heavy (non-hydrogen) atoms. The van der Waals surface area contributed by atoms with Gasteiger partial charge in [0.2, 0.25) is 5.95 Å². The number of nitrogens with zero attached hydrogens (tertiary/aromatic N) is 4. The number of fused-ring (bicyclic) bond motifs is 1. The van der Waals surface area contributed by atoms with Gasteiger partial charge in [-0.3, -0.25) is 10.1 Å². The number of nitrogens with one attached hydrogen (secondary N) is 1. The van der Waals surface area contributed by atoms with Crippen molar-refractivity contribution < 1.29 is 9.31 Å². The van der Waals surface area contributed by atoms with Crippen molar-refractivity contribution in [2.75, 3.05) is 5.32 Å². The van der Waals surface area contributed by atoms with E-state index in [1.165, 1.54) is 24.5 Å². The molecule has 0 aliphatic carbocycles. The van der Waals surface area contributed by atoms with Gasteiger partial charge < -0.3 is 5.32 Å². The van der Waals surface area contributed by atoms with Gasteiger partial charge in [-0.1, -0.05) is 30.3 Å². The molecule has 2 aromatic carbocycles. The van der Waals surface area contributed by atoms with Crippen LogP contribution in [0.4, 0.5) is 16.0 Å². The van der Waals surface area contributed by atoms with Crippen molar-refractivity contribution in [3.8, 4) is 0 Å². The van der Waals surface area contributed by atoms with Crippen LogP contribution in [0.3, 0.4) is 0 Å². The molecule has 1 aliphatic rings. The number of halogens is 1. The molecule has 1 N–H and O–H groups in total. The average molecular weight is 339 g/mol. The maximum absolute atomic E-state index is 14.3. The van der Waals surface area contributed by atoms with Crippen molar-refractivity contribution in [1.29, 1.82) is 0 Å². The Morgan fingerprint density at radius 1 is 1.24 bits per heavy atom. The Labute approximate surface area is 142 Å². The lowest BCUT2D eigenvalue weighted by Gasteiger charge is -2.31. The summed E-state index contributed by atoms with van der Waals surface area (Å²) in [5.41, 5.74) is 1.30. The zero-order chi connectivity index (χ0) is 17.4. The quantitative estimate of drug-likeness (QED) is 0.583. The molecular formula is C17H14FN5O2. The molecule has 0 amide bonds. The van der Waals surface area contributed by atoms with Crippen molar-refractivity contribution in [1.82, 2.24) is 14.8 Å². The van der Waals surface area contributed by atoms with Gasteiger partial charge in [0.1, 0.15) is 12.1 Å². The molecule has 7 nitrogen and oxygen atoms in total. The third kappa shape index (κ3) is 2.71. The summed E-state index contributed by atoms with van der Waals surface area (Å²) < 4.78 is 15.9. The van der Waals surface area contributed by atoms with Gasteiger partial charge in [0.05, 0.1) is 17.0 Å². The summed E-state index contributed by atoms with van der Waals surface area (Å²) in [5, 5.41) is 18.5. The molecule has 2 heterocycles. The van der Waals surface area contributed by atoms with Gasteiger partial charge in [0.15, 0.2) is 0 Å². The highest BCUT2D eigenvalue weighted by molar-refractivity contribution is 5.42. The minimum atomic E-state index is -0.427. The van der Waals surface area contributed by atoms with Crippen LogP contribution in [0.1, 0.15) is 29.6 Å². The predicted molar refractivity (Wildman–Crippen MR) is 88.6 cm³/mol. The number of hydrogen-bond acceptors (Lipinski definition) is 5. The van der Waals surface area contributed by atoms with Crippen LogP contribution >= 0.6 is 0 Å². The molecule has 2 atom stereocenters. The second kappa shape index (κ2) is 5.97. The first-order valence-electron chi connectivity index (χ1n) is 7.78. The van der Waals surface area contributed by atoms with Crippen LogP contribution in [0.25, 0.3) is 0 Å². The average Bonchev–Trinajstić information content (AvgIpc) is 3.10. The molecule has 126 valence electrons. The van der Waals surface area contributed by atoms with Crippen LogP contribution in [-0.4, -0.2) is 19.7 Å². The Kier molecular flexibility index (Phi) is 3.64. The first-order valence-corrected chi connectivity index (χ1v) is 7.78. The molecule has 0 saturated carbocycles. The van der Waals surface area contributed by atoms with E-state index in [-0.39, 0.29) is 23.6 Å². The Hall–Kier alpha value is -3.29. The van der Waals surface area contributed by atoms with E-state index in [9.17, 15) is 14.5 Å². The maximum Gasteiger partial charge on any atom is 0.269 e. The number of nitro groups is 1. The van der Waals surface area contributed by atoms with E-state index in [2.05, 4.69) is 15.4 Å². The van der Waals surface area contributed by atoms with E-state index in [4.69, 9.17) is 0 Å². The third-order valence-corrected chi connectivity index (χ3v) is 4.38. The molecule has 3 aromatic rings. The Balaban J connectivity index is 1.75. The van der Waals surface area contributed by atoms with Crippen molar-refractivity contribution in [2.45, 2.75) is 18.5 Å². The molecule has 0 unspecified atom stereocenters. The molecule has 1 aliphatic heterocycles. The SMILES string of the molecule is O=[N+]([O-])c1cccc([C@@H]2C[C@H](c3ccccc3F)n3ncnc3N2)c1. The van der Waals surface area contributed by atoms with Crippen LogP contribution in [0.5, 0.6) is 0 Å². The second-order valence-corrected chi connectivity index (χ2v) is 5.85. The van der Waals surface area contributed by atoms with E-state index >= 15 is 0 Å². The first kappa shape index (κ1) is 15.3. The summed E-state index contributed by atoms with van der Waals surface area (Å²) in [6.45, 7) is 0. The number of rotatable bonds is 3. The normalized spacial score (nSPS) is 19.1. The zero-order valence-corrected chi connectivity index (χ0v) is 13.0. The molecule has 4 rings (SSSR count). The van der Waals surface area contributed by atoms with Gasteiger partial charge in [-0.15, -0.1) is 0 Å². The molecule has 1 aromatic heterocycles. The van der Waals surface area contributed by atoms with Gasteiger partial charge in [0, 0.05) is 17.7 Å². The Morgan fingerprint density at radius 3 is 2.88 bits per heavy atom. The summed E-state index contributed by atoms with van der Waals surface area (Å²) in [7, 11) is 0. The second-order valence-electron chi connectivity index (χ2n) is 5.85. The van der Waals surface area contributed by atoms with Crippen LogP contribution in [-0.2, 0) is 0 Å². The van der Waals surface area contributed by atoms with Crippen LogP contribution in [0, 0.1) is 15.9 Å². The van der Waals surface area contributed by atoms with Crippen molar-refractivity contribution in [3.63, 3.8) is 0 Å². The van der Waals surface area contributed by atoms with Gasteiger partial charge in [0.25, 0.3) is 5.69 Å². The topological polar surface area (TPSA) is 85.9 Å². The summed E-state index contributed by atoms with van der Waals surface area (Å²) >= 11 is 0. The maximum atomic E-state index is 14.3. The van der Waals surface area contributed by atoms with E-state index in [0.29, 0.717) is 17.9 Å². The van der Waals surface area contributed by atoms with E-state index in [1.54, 1.807) is 28.9 Å². The number of benzene rings is 2. The third-order valence-electron chi connectivity index (χ3n) is 4.38. The number of hydrogen-bond donors (Lipinski definition) is 1. The number of anilines is 1. The van der Waals surface area contributed by atoms with Gasteiger partial charge in [-0.25, -0.2) is 9.07 Å². The molecular weight excluding hydrogens is 325 g/mol. The molecule has 0 fully saturated rings. The highest BCUT2D eigenvalue weighted by atomic mass is 19.1. The molecule has 0 bridgehead atoms. The van der Waals surface area contributed by atoms with Crippen molar-refractivity contribution in [2.24, 2.45) is 0 Å². The van der Waals surface area contributed by atoms with E-state index < -0.39 is 4.92 Å². The molecule has 8 heteroatoms. The predicted octanol–water partition coefficient (Wildman–Crippen LogP) is 3.47. The van der Waals surface area contributed by atoms with Gasteiger partial charge in [-0.05, 0) is 18.1 Å². The highest BCUT2D eigenvalue weighted by Crippen LogP contribution is 2.38. The van der Waals surface area contributed by atoms with Crippen LogP contribution in [0.15, 0.2) is 54.9 Å². The lowest BCUT2D eigenvalue weighted by Crippen LogP contribution is -2.28. The fourth-order valence-corrected chi connectivity index (χ4v) is 3.20. The highest BCUT2D eigenvalue weighted by Gasteiger charge is 2.31. The monoisotopic (exact) mass is 339 g/mol. The lowest BCUT2D eigenvalue weighted by atomic mass is 9.93. The number of aromatic nitrogens is 3. The minimum absolute atomic E-state index is 0.0220. The lowest BCUT2D eigenvalue weighted by molar-refractivity contribution is -0.384. The van der Waals surface area contributed by atoms with Crippen molar-refractivity contribution >= 4 is 11.6 Å². The smallest absolute Gasteiger partial charge is 0.269 e. The number of nitro benzene ring substituents is 1. The molecule has 0 saturated heterocycles. The largest absolute Gasteiger partial charge is 0.348 e. The number of non-ortho nitro benzene ring substituents is 1. The van der Waals surface area contributed by atoms with Crippen LogP contribution < -0.4 is 5.32 Å². The molecule has 0 spiro atoms. The fraction of sp³-hybridized carbons (Fsp3) is 0.176. The summed E-state index contributed by atoms with van der Waals surface area (Å²) in [4.78, 5) is 14.8. The van der Waals surface area contributed by atoms with Gasteiger partial charge in [-0.2, -0.15) is 10.1 Å². The molecule has 0 radical (unpaired) electrons.